The first-order valence-corrected chi connectivity index (χ1v) is 7.63. The van der Waals surface area contributed by atoms with Crippen LogP contribution in [0.5, 0.6) is 0 Å². The first-order valence-electron chi connectivity index (χ1n) is 7.63. The topological polar surface area (TPSA) is 70.9 Å². The Labute approximate surface area is 138 Å². The Morgan fingerprint density at radius 3 is 2.71 bits per heavy atom. The van der Waals surface area contributed by atoms with Gasteiger partial charge >= 0.3 is 0 Å². The molecule has 2 aromatic heterocycles. The van der Waals surface area contributed by atoms with E-state index >= 15 is 0 Å². The van der Waals surface area contributed by atoms with Crippen LogP contribution in [0.15, 0.2) is 72.4 Å². The van der Waals surface area contributed by atoms with E-state index in [1.165, 1.54) is 0 Å². The van der Waals surface area contributed by atoms with Gasteiger partial charge in [-0.2, -0.15) is 5.10 Å². The van der Waals surface area contributed by atoms with Gasteiger partial charge in [-0.1, -0.05) is 24.3 Å². The van der Waals surface area contributed by atoms with Gasteiger partial charge in [-0.25, -0.2) is 15.4 Å². The van der Waals surface area contributed by atoms with Crippen LogP contribution in [0.1, 0.15) is 12.5 Å². The van der Waals surface area contributed by atoms with E-state index in [1.807, 2.05) is 66.2 Å². The lowest BCUT2D eigenvalue weighted by Gasteiger charge is -2.05. The van der Waals surface area contributed by atoms with Crippen LogP contribution in [0.3, 0.4) is 0 Å². The van der Waals surface area contributed by atoms with Gasteiger partial charge in [0.2, 0.25) is 5.95 Å². The summed E-state index contributed by atoms with van der Waals surface area (Å²) in [5, 5.41) is 4.41. The second-order valence-electron chi connectivity index (χ2n) is 5.43. The number of para-hydroxylation sites is 2. The summed E-state index contributed by atoms with van der Waals surface area (Å²) in [6.07, 6.45) is 5.45. The third-order valence-electron chi connectivity index (χ3n) is 3.81. The van der Waals surface area contributed by atoms with Crippen molar-refractivity contribution >= 4 is 22.7 Å². The first kappa shape index (κ1) is 14.2. The van der Waals surface area contributed by atoms with Crippen LogP contribution < -0.4 is 5.43 Å². The molecule has 4 rings (SSSR count). The Kier molecular flexibility index (Phi) is 3.55. The van der Waals surface area contributed by atoms with Crippen molar-refractivity contribution in [2.75, 3.05) is 5.43 Å². The fourth-order valence-corrected chi connectivity index (χ4v) is 2.49. The number of hydrogen-bond acceptors (Lipinski definition) is 4. The lowest BCUT2D eigenvalue weighted by Crippen LogP contribution is -2.01. The van der Waals surface area contributed by atoms with Gasteiger partial charge in [0.15, 0.2) is 0 Å². The lowest BCUT2D eigenvalue weighted by atomic mass is 10.1. The molecule has 24 heavy (non-hydrogen) atoms. The Bertz CT molecular complexity index is 947. The minimum absolute atomic E-state index is 0.630. The van der Waals surface area contributed by atoms with Gasteiger partial charge in [0.05, 0.1) is 23.1 Å². The van der Waals surface area contributed by atoms with Gasteiger partial charge < -0.3 is 9.55 Å². The number of fused-ring (bicyclic) bond motifs is 1. The molecule has 0 aliphatic carbocycles. The maximum Gasteiger partial charge on any atom is 0.222 e. The fraction of sp³-hybridized carbons (Fsp3) is 0.0556. The monoisotopic (exact) mass is 316 g/mol. The minimum Gasteiger partial charge on any atom is -0.323 e. The Morgan fingerprint density at radius 2 is 1.96 bits per heavy atom. The van der Waals surface area contributed by atoms with E-state index in [1.54, 1.807) is 12.5 Å². The van der Waals surface area contributed by atoms with Crippen molar-refractivity contribution in [1.29, 1.82) is 0 Å². The Hall–Kier alpha value is -3.41. The number of aromatic amines is 1. The van der Waals surface area contributed by atoms with Gasteiger partial charge in [-0.05, 0) is 36.8 Å². The number of anilines is 1. The minimum atomic E-state index is 0.630. The van der Waals surface area contributed by atoms with E-state index in [0.717, 1.165) is 28.0 Å². The number of rotatable bonds is 4. The number of hydrogen-bond donors (Lipinski definition) is 2. The first-order chi connectivity index (χ1) is 11.8. The predicted octanol–water partition coefficient (Wildman–Crippen LogP) is 3.58. The highest BCUT2D eigenvalue weighted by molar-refractivity contribution is 5.99. The smallest absolute Gasteiger partial charge is 0.222 e. The van der Waals surface area contributed by atoms with Gasteiger partial charge in [0.1, 0.15) is 0 Å². The third kappa shape index (κ3) is 2.77. The average molecular weight is 316 g/mol. The van der Waals surface area contributed by atoms with Gasteiger partial charge in [0, 0.05) is 18.1 Å². The molecule has 0 radical (unpaired) electrons. The van der Waals surface area contributed by atoms with Crippen molar-refractivity contribution in [1.82, 2.24) is 19.5 Å². The summed E-state index contributed by atoms with van der Waals surface area (Å²) in [4.78, 5) is 11.7. The second kappa shape index (κ2) is 6.00. The molecule has 0 atom stereocenters. The van der Waals surface area contributed by atoms with Crippen LogP contribution in [0.2, 0.25) is 0 Å². The maximum absolute atomic E-state index is 4.44. The number of nitrogens with one attached hydrogen (secondary N) is 2. The van der Waals surface area contributed by atoms with E-state index in [4.69, 9.17) is 0 Å². The van der Waals surface area contributed by atoms with Crippen LogP contribution in [0.25, 0.3) is 16.7 Å². The van der Waals surface area contributed by atoms with Crippen molar-refractivity contribution in [3.05, 3.63) is 72.8 Å². The summed E-state index contributed by atoms with van der Waals surface area (Å²) in [5.41, 5.74) is 7.87. The average Bonchev–Trinajstić information content (AvgIpc) is 3.29. The number of imidazole rings is 2. The van der Waals surface area contributed by atoms with Gasteiger partial charge in [-0.15, -0.1) is 0 Å². The summed E-state index contributed by atoms with van der Waals surface area (Å²) in [7, 11) is 0. The SMILES string of the molecule is C/C(=N\Nc1nc2ccccc2[nH]1)c1ccc(-n2ccnc2)cc1. The molecular weight excluding hydrogens is 300 g/mol. The van der Waals surface area contributed by atoms with Crippen molar-refractivity contribution < 1.29 is 0 Å². The van der Waals surface area contributed by atoms with E-state index < -0.39 is 0 Å². The highest BCUT2D eigenvalue weighted by Crippen LogP contribution is 2.14. The molecule has 2 aromatic carbocycles. The molecule has 6 nitrogen and oxygen atoms in total. The summed E-state index contributed by atoms with van der Waals surface area (Å²) in [6.45, 7) is 1.96. The van der Waals surface area contributed by atoms with E-state index in [-0.39, 0.29) is 0 Å². The molecule has 0 unspecified atom stereocenters. The molecule has 0 saturated heterocycles. The van der Waals surface area contributed by atoms with E-state index in [2.05, 4.69) is 25.5 Å². The highest BCUT2D eigenvalue weighted by atomic mass is 15.4. The molecule has 0 aliphatic rings. The Morgan fingerprint density at radius 1 is 1.12 bits per heavy atom. The molecule has 118 valence electrons. The predicted molar refractivity (Wildman–Crippen MR) is 95.5 cm³/mol. The van der Waals surface area contributed by atoms with Crippen LogP contribution >= 0.6 is 0 Å². The molecule has 6 heteroatoms. The molecule has 2 N–H and O–H groups in total. The summed E-state index contributed by atoms with van der Waals surface area (Å²) < 4.78 is 1.96. The van der Waals surface area contributed by atoms with E-state index in [0.29, 0.717) is 5.95 Å². The van der Waals surface area contributed by atoms with Crippen LogP contribution in [-0.2, 0) is 0 Å². The summed E-state index contributed by atoms with van der Waals surface area (Å²) >= 11 is 0. The quantitative estimate of drug-likeness (QED) is 0.446. The zero-order valence-corrected chi connectivity index (χ0v) is 13.1. The second-order valence-corrected chi connectivity index (χ2v) is 5.43. The Balaban J connectivity index is 1.52. The molecule has 4 aromatic rings. The summed E-state index contributed by atoms with van der Waals surface area (Å²) in [6, 6.07) is 16.0. The molecule has 0 bridgehead atoms. The van der Waals surface area contributed by atoms with E-state index in [9.17, 15) is 0 Å². The summed E-state index contributed by atoms with van der Waals surface area (Å²) in [5.74, 6) is 0.630. The van der Waals surface area contributed by atoms with Crippen molar-refractivity contribution in [2.45, 2.75) is 6.92 Å². The largest absolute Gasteiger partial charge is 0.323 e. The zero-order chi connectivity index (χ0) is 16.4. The molecule has 0 amide bonds. The molecule has 2 heterocycles. The lowest BCUT2D eigenvalue weighted by molar-refractivity contribution is 1.06. The van der Waals surface area contributed by atoms with Gasteiger partial charge in [-0.3, -0.25) is 0 Å². The number of aromatic nitrogens is 4. The molecule has 0 saturated carbocycles. The van der Waals surface area contributed by atoms with Gasteiger partial charge in [0.25, 0.3) is 0 Å². The highest BCUT2D eigenvalue weighted by Gasteiger charge is 2.02. The number of hydrazone groups is 1. The van der Waals surface area contributed by atoms with Crippen LogP contribution in [-0.4, -0.2) is 25.2 Å². The number of H-pyrrole nitrogens is 1. The number of nitrogens with zero attached hydrogens (tertiary/aromatic N) is 4. The van der Waals surface area contributed by atoms with Crippen molar-refractivity contribution in [3.8, 4) is 5.69 Å². The maximum atomic E-state index is 4.44. The standard InChI is InChI=1S/C18H16N6/c1-13(14-6-8-15(9-7-14)24-11-10-19-12-24)22-23-18-20-16-4-2-3-5-17(16)21-18/h2-12H,1H3,(H2,20,21,23)/b22-13+. The third-order valence-corrected chi connectivity index (χ3v) is 3.81. The molecular formula is C18H16N6. The normalized spacial score (nSPS) is 11.8. The molecule has 0 aliphatic heterocycles. The zero-order valence-electron chi connectivity index (χ0n) is 13.1. The van der Waals surface area contributed by atoms with Crippen molar-refractivity contribution in [2.24, 2.45) is 5.10 Å². The van der Waals surface area contributed by atoms with Crippen molar-refractivity contribution in [3.63, 3.8) is 0 Å². The fourth-order valence-electron chi connectivity index (χ4n) is 2.49. The van der Waals surface area contributed by atoms with Crippen LogP contribution in [0, 0.1) is 0 Å². The number of benzene rings is 2. The molecule has 0 fully saturated rings. The van der Waals surface area contributed by atoms with Crippen LogP contribution in [0.4, 0.5) is 5.95 Å². The molecule has 0 spiro atoms.